The molecule has 0 aliphatic heterocycles. The quantitative estimate of drug-likeness (QED) is 0.197. The molecule has 2 N–H and O–H groups in total. The Balaban J connectivity index is 1.38. The van der Waals surface area contributed by atoms with Crippen molar-refractivity contribution in [3.8, 4) is 22.6 Å². The summed E-state index contributed by atoms with van der Waals surface area (Å²) in [4.78, 5) is 25.0. The number of carbonyl (C=O) groups is 2. The zero-order valence-electron chi connectivity index (χ0n) is 21.5. The Morgan fingerprint density at radius 1 is 0.600 bits per heavy atom. The van der Waals surface area contributed by atoms with E-state index in [1.54, 1.807) is 36.4 Å². The predicted molar refractivity (Wildman–Crippen MR) is 163 cm³/mol. The van der Waals surface area contributed by atoms with Crippen LogP contribution < -0.4 is 20.1 Å². The number of hydrogen-bond acceptors (Lipinski definition) is 4. The molecule has 0 unspecified atom stereocenters. The summed E-state index contributed by atoms with van der Waals surface area (Å²) in [5, 5.41) is 7.35. The summed E-state index contributed by atoms with van der Waals surface area (Å²) >= 11 is 24.0. The van der Waals surface area contributed by atoms with Gasteiger partial charge in [-0.1, -0.05) is 64.6 Å². The molecule has 4 rings (SSSR count). The second-order valence-corrected chi connectivity index (χ2v) is 10.6. The second-order valence-electron chi connectivity index (χ2n) is 8.88. The van der Waals surface area contributed by atoms with Gasteiger partial charge in [0, 0.05) is 21.4 Å². The van der Waals surface area contributed by atoms with E-state index in [1.807, 2.05) is 50.2 Å². The number of amides is 2. The second kappa shape index (κ2) is 13.3. The summed E-state index contributed by atoms with van der Waals surface area (Å²) in [6.07, 6.45) is 0. The van der Waals surface area contributed by atoms with Crippen LogP contribution in [0.1, 0.15) is 11.1 Å². The summed E-state index contributed by atoms with van der Waals surface area (Å²) in [6.45, 7) is 3.37. The van der Waals surface area contributed by atoms with Crippen LogP contribution in [-0.2, 0) is 9.59 Å². The lowest BCUT2D eigenvalue weighted by Crippen LogP contribution is -2.21. The molecule has 206 valence electrons. The molecule has 0 saturated carbocycles. The first kappa shape index (κ1) is 29.6. The van der Waals surface area contributed by atoms with Gasteiger partial charge < -0.3 is 20.1 Å². The van der Waals surface area contributed by atoms with Crippen molar-refractivity contribution < 1.29 is 19.1 Å². The van der Waals surface area contributed by atoms with E-state index < -0.39 is 0 Å². The van der Waals surface area contributed by atoms with Gasteiger partial charge in [-0.2, -0.15) is 0 Å². The van der Waals surface area contributed by atoms with Gasteiger partial charge in [-0.05, 0) is 90.7 Å². The third kappa shape index (κ3) is 7.83. The number of benzene rings is 4. The van der Waals surface area contributed by atoms with Crippen LogP contribution >= 0.6 is 46.4 Å². The summed E-state index contributed by atoms with van der Waals surface area (Å²) in [5.74, 6) is 0.0810. The van der Waals surface area contributed by atoms with Crippen molar-refractivity contribution in [1.82, 2.24) is 0 Å². The smallest absolute Gasteiger partial charge is 0.262 e. The monoisotopic (exact) mass is 616 g/mol. The Kier molecular flexibility index (Phi) is 9.82. The highest BCUT2D eigenvalue weighted by Gasteiger charge is 2.12. The van der Waals surface area contributed by atoms with Gasteiger partial charge in [0.1, 0.15) is 11.5 Å². The predicted octanol–water partition coefficient (Wildman–Crippen LogP) is 8.62. The van der Waals surface area contributed by atoms with E-state index in [1.165, 1.54) is 0 Å². The maximum atomic E-state index is 12.6. The number of nitrogens with one attached hydrogen (secondary N) is 2. The highest BCUT2D eigenvalue weighted by molar-refractivity contribution is 6.36. The number of carbonyl (C=O) groups excluding carboxylic acids is 2. The SMILES string of the molecule is Cc1cc(-c2ccc(C)c(NC(=O)COc3ccc(Cl)cc3Cl)c2)ccc1NC(=O)COc1ccc(Cl)cc1Cl. The standard InChI is InChI=1S/C30H24Cl4N2O4/c1-17-3-4-20(12-26(17)36-30(38)16-40-28-10-7-22(32)14-24(28)34)19-5-8-25(18(2)11-19)35-29(37)15-39-27-9-6-21(31)13-23(27)33/h3-14H,15-16H2,1-2H3,(H,35,37)(H,36,38). The van der Waals surface area contributed by atoms with Crippen LogP contribution in [0.25, 0.3) is 11.1 Å². The number of ether oxygens (including phenoxy) is 2. The van der Waals surface area contributed by atoms with Crippen molar-refractivity contribution in [2.24, 2.45) is 0 Å². The van der Waals surface area contributed by atoms with E-state index >= 15 is 0 Å². The average molecular weight is 618 g/mol. The zero-order chi connectivity index (χ0) is 28.8. The maximum absolute atomic E-state index is 12.6. The molecule has 0 aromatic heterocycles. The fraction of sp³-hybridized carbons (Fsp3) is 0.133. The van der Waals surface area contributed by atoms with Gasteiger partial charge in [0.05, 0.1) is 10.0 Å². The van der Waals surface area contributed by atoms with Crippen molar-refractivity contribution in [2.45, 2.75) is 13.8 Å². The molecule has 0 atom stereocenters. The van der Waals surface area contributed by atoms with Crippen LogP contribution in [-0.4, -0.2) is 25.0 Å². The molecule has 4 aromatic carbocycles. The van der Waals surface area contributed by atoms with E-state index in [0.29, 0.717) is 43.0 Å². The molecule has 0 saturated heterocycles. The summed E-state index contributed by atoms with van der Waals surface area (Å²) in [6, 6.07) is 21.0. The van der Waals surface area contributed by atoms with Gasteiger partial charge >= 0.3 is 0 Å². The normalized spacial score (nSPS) is 10.7. The van der Waals surface area contributed by atoms with Crippen molar-refractivity contribution in [1.29, 1.82) is 0 Å². The molecule has 0 bridgehead atoms. The van der Waals surface area contributed by atoms with Crippen molar-refractivity contribution in [3.05, 3.63) is 104 Å². The molecule has 0 aliphatic carbocycles. The Bertz CT molecular complexity index is 1580. The minimum Gasteiger partial charge on any atom is -0.482 e. The molecule has 0 aliphatic rings. The first-order valence-electron chi connectivity index (χ1n) is 12.1. The van der Waals surface area contributed by atoms with E-state index in [9.17, 15) is 9.59 Å². The molecule has 40 heavy (non-hydrogen) atoms. The zero-order valence-corrected chi connectivity index (χ0v) is 24.5. The fourth-order valence-electron chi connectivity index (χ4n) is 3.76. The number of halogens is 4. The van der Waals surface area contributed by atoms with Gasteiger partial charge in [-0.25, -0.2) is 0 Å². The van der Waals surface area contributed by atoms with E-state index in [0.717, 1.165) is 22.3 Å². The van der Waals surface area contributed by atoms with Crippen LogP contribution in [0, 0.1) is 13.8 Å². The molecule has 0 fully saturated rings. The molecule has 0 radical (unpaired) electrons. The Morgan fingerprint density at radius 2 is 1.10 bits per heavy atom. The number of rotatable bonds is 9. The van der Waals surface area contributed by atoms with E-state index in [4.69, 9.17) is 55.9 Å². The number of anilines is 2. The number of aryl methyl sites for hydroxylation is 2. The van der Waals surface area contributed by atoms with E-state index in [-0.39, 0.29) is 25.0 Å². The Morgan fingerprint density at radius 3 is 1.62 bits per heavy atom. The third-order valence-electron chi connectivity index (χ3n) is 5.85. The fourth-order valence-corrected chi connectivity index (χ4v) is 4.69. The van der Waals surface area contributed by atoms with Crippen LogP contribution in [0.3, 0.4) is 0 Å². The molecule has 10 heteroatoms. The van der Waals surface area contributed by atoms with Gasteiger partial charge in [-0.15, -0.1) is 0 Å². The van der Waals surface area contributed by atoms with Gasteiger partial charge in [-0.3, -0.25) is 9.59 Å². The lowest BCUT2D eigenvalue weighted by molar-refractivity contribution is -0.118. The highest BCUT2D eigenvalue weighted by atomic mass is 35.5. The third-order valence-corrected chi connectivity index (χ3v) is 6.91. The first-order valence-corrected chi connectivity index (χ1v) is 13.6. The molecule has 0 heterocycles. The molecular formula is C30H24Cl4N2O4. The van der Waals surface area contributed by atoms with Crippen LogP contribution in [0.5, 0.6) is 11.5 Å². The van der Waals surface area contributed by atoms with Crippen molar-refractivity contribution in [3.63, 3.8) is 0 Å². The molecule has 4 aromatic rings. The molecule has 0 spiro atoms. The van der Waals surface area contributed by atoms with Crippen LogP contribution in [0.2, 0.25) is 20.1 Å². The lowest BCUT2D eigenvalue weighted by atomic mass is 10.00. The van der Waals surface area contributed by atoms with Crippen LogP contribution in [0.4, 0.5) is 11.4 Å². The largest absolute Gasteiger partial charge is 0.482 e. The number of hydrogen-bond donors (Lipinski definition) is 2. The molecular weight excluding hydrogens is 594 g/mol. The summed E-state index contributed by atoms with van der Waals surface area (Å²) < 4.78 is 11.0. The Labute approximate surface area is 252 Å². The summed E-state index contributed by atoms with van der Waals surface area (Å²) in [7, 11) is 0. The highest BCUT2D eigenvalue weighted by Crippen LogP contribution is 2.30. The van der Waals surface area contributed by atoms with Gasteiger partial charge in [0.25, 0.3) is 11.8 Å². The summed E-state index contributed by atoms with van der Waals surface area (Å²) in [5.41, 5.74) is 4.86. The van der Waals surface area contributed by atoms with Gasteiger partial charge in [0.15, 0.2) is 13.2 Å². The van der Waals surface area contributed by atoms with Crippen LogP contribution in [0.15, 0.2) is 72.8 Å². The van der Waals surface area contributed by atoms with Crippen molar-refractivity contribution in [2.75, 3.05) is 23.8 Å². The van der Waals surface area contributed by atoms with Gasteiger partial charge in [0.2, 0.25) is 0 Å². The van der Waals surface area contributed by atoms with Crippen molar-refractivity contribution >= 4 is 69.6 Å². The maximum Gasteiger partial charge on any atom is 0.262 e. The molecule has 6 nitrogen and oxygen atoms in total. The topological polar surface area (TPSA) is 76.7 Å². The average Bonchev–Trinajstić information content (AvgIpc) is 2.90. The Hall–Kier alpha value is -3.42. The molecule has 2 amide bonds. The lowest BCUT2D eigenvalue weighted by Gasteiger charge is -2.14. The first-order chi connectivity index (χ1) is 19.1. The van der Waals surface area contributed by atoms with E-state index in [2.05, 4.69) is 10.6 Å². The minimum atomic E-state index is -0.331. The minimum absolute atomic E-state index is 0.211.